The lowest BCUT2D eigenvalue weighted by Crippen LogP contribution is -2.21. The highest BCUT2D eigenvalue weighted by Crippen LogP contribution is 2.29. The molecule has 5 aromatic rings. The summed E-state index contributed by atoms with van der Waals surface area (Å²) >= 11 is 0. The van der Waals surface area contributed by atoms with E-state index in [1.54, 1.807) is 12.5 Å². The van der Waals surface area contributed by atoms with E-state index < -0.39 is 0 Å². The van der Waals surface area contributed by atoms with Gasteiger partial charge in [0.2, 0.25) is 0 Å². The van der Waals surface area contributed by atoms with Crippen molar-refractivity contribution in [2.45, 2.75) is 38.5 Å². The molecule has 2 aromatic carbocycles. The fraction of sp³-hybridized carbons (Fsp3) is 0.323. The van der Waals surface area contributed by atoms with E-state index in [2.05, 4.69) is 59.3 Å². The molecule has 1 fully saturated rings. The quantitative estimate of drug-likeness (QED) is 0.282. The normalized spacial score (nSPS) is 14.5. The fourth-order valence-electron chi connectivity index (χ4n) is 5.28. The summed E-state index contributed by atoms with van der Waals surface area (Å²) in [7, 11) is 4.37. The van der Waals surface area contributed by atoms with Crippen LogP contribution in [0.5, 0.6) is 0 Å². The number of pyridine rings is 1. The average Bonchev–Trinajstić information content (AvgIpc) is 3.20. The van der Waals surface area contributed by atoms with Crippen molar-refractivity contribution in [3.8, 4) is 22.5 Å². The summed E-state index contributed by atoms with van der Waals surface area (Å²) in [5.41, 5.74) is 11.6. The third-order valence-corrected chi connectivity index (χ3v) is 7.11. The third-order valence-electron chi connectivity index (χ3n) is 7.11. The summed E-state index contributed by atoms with van der Waals surface area (Å²) in [6, 6.07) is 20.5. The predicted octanol–water partition coefficient (Wildman–Crippen LogP) is 6.71. The van der Waals surface area contributed by atoms with Crippen molar-refractivity contribution in [2.24, 2.45) is 5.92 Å². The molecule has 0 bridgehead atoms. The monoisotopic (exact) mass is 492 g/mol. The van der Waals surface area contributed by atoms with E-state index in [0.29, 0.717) is 5.82 Å². The molecule has 0 aliphatic heterocycles. The van der Waals surface area contributed by atoms with Crippen molar-refractivity contribution in [1.82, 2.24) is 24.3 Å². The van der Waals surface area contributed by atoms with Gasteiger partial charge in [-0.2, -0.15) is 0 Å². The van der Waals surface area contributed by atoms with Gasteiger partial charge in [-0.25, -0.2) is 15.0 Å². The third kappa shape index (κ3) is 5.97. The first kappa shape index (κ1) is 24.9. The summed E-state index contributed by atoms with van der Waals surface area (Å²) in [6.45, 7) is 1.31. The first-order chi connectivity index (χ1) is 18.1. The number of nitrogens with two attached hydrogens (primary N) is 1. The second-order valence-electron chi connectivity index (χ2n) is 10.3. The molecule has 0 atom stereocenters. The maximum atomic E-state index is 6.06. The first-order valence-electron chi connectivity index (χ1n) is 13.3. The van der Waals surface area contributed by atoms with Crippen LogP contribution in [0.3, 0.4) is 0 Å². The number of imidazole rings is 1. The lowest BCUT2D eigenvalue weighted by Gasteiger charge is -2.18. The summed E-state index contributed by atoms with van der Waals surface area (Å²) < 4.78 is 1.88. The molecule has 0 spiro atoms. The number of hydrogen-bond donors (Lipinski definition) is 1. The van der Waals surface area contributed by atoms with Crippen LogP contribution in [0.2, 0.25) is 0 Å². The molecule has 3 heterocycles. The smallest absolute Gasteiger partial charge is 0.150 e. The Balaban J connectivity index is 0.000000215. The summed E-state index contributed by atoms with van der Waals surface area (Å²) in [5, 5.41) is 1.09. The highest BCUT2D eigenvalue weighted by molar-refractivity contribution is 5.91. The van der Waals surface area contributed by atoms with Gasteiger partial charge in [0.25, 0.3) is 0 Å². The van der Waals surface area contributed by atoms with E-state index >= 15 is 0 Å². The molecule has 1 aliphatic carbocycles. The van der Waals surface area contributed by atoms with Crippen LogP contribution in [0.25, 0.3) is 38.9 Å². The van der Waals surface area contributed by atoms with Gasteiger partial charge in [0.15, 0.2) is 0 Å². The molecule has 190 valence electrons. The molecule has 6 heteroatoms. The maximum Gasteiger partial charge on any atom is 0.150 e. The number of nitrogen functional groups attached to an aromatic ring is 1. The number of hydrogen-bond acceptors (Lipinski definition) is 5. The van der Waals surface area contributed by atoms with Gasteiger partial charge in [-0.3, -0.25) is 0 Å². The second-order valence-corrected chi connectivity index (χ2v) is 10.3. The lowest BCUT2D eigenvalue weighted by molar-refractivity contribution is 0.302. The van der Waals surface area contributed by atoms with Crippen molar-refractivity contribution in [2.75, 3.05) is 26.4 Å². The standard InChI is InChI=1S/C21H15N5.C10H21N/c22-21-20-19(24-13-26(20)11-10-23-21)16-7-6-15-8-9-17(25-18(15)12-16)14-4-2-1-3-5-14;1-11(2)9-10-7-5-3-4-6-8-10/h1-13H,(H2,22,23);10H,3-9H2,1-2H3. The van der Waals surface area contributed by atoms with Crippen LogP contribution in [-0.2, 0) is 0 Å². The van der Waals surface area contributed by atoms with Gasteiger partial charge in [0, 0.05) is 35.5 Å². The van der Waals surface area contributed by atoms with Crippen molar-refractivity contribution in [1.29, 1.82) is 0 Å². The lowest BCUT2D eigenvalue weighted by atomic mass is 10.0. The largest absolute Gasteiger partial charge is 0.382 e. The van der Waals surface area contributed by atoms with Crippen LogP contribution in [0.1, 0.15) is 38.5 Å². The second kappa shape index (κ2) is 11.5. The molecule has 2 N–H and O–H groups in total. The minimum Gasteiger partial charge on any atom is -0.382 e. The van der Waals surface area contributed by atoms with Crippen molar-refractivity contribution in [3.63, 3.8) is 0 Å². The van der Waals surface area contributed by atoms with Gasteiger partial charge in [-0.05, 0) is 45.0 Å². The summed E-state index contributed by atoms with van der Waals surface area (Å²) in [6.07, 6.45) is 14.1. The number of aromatic nitrogens is 4. The highest BCUT2D eigenvalue weighted by atomic mass is 15.1. The van der Waals surface area contributed by atoms with Gasteiger partial charge in [-0.15, -0.1) is 0 Å². The number of fused-ring (bicyclic) bond motifs is 2. The van der Waals surface area contributed by atoms with Crippen LogP contribution in [0, 0.1) is 5.92 Å². The molecule has 3 aromatic heterocycles. The molecule has 0 radical (unpaired) electrons. The molecule has 6 rings (SSSR count). The number of benzene rings is 2. The van der Waals surface area contributed by atoms with Gasteiger partial charge in [-0.1, -0.05) is 74.2 Å². The van der Waals surface area contributed by atoms with E-state index in [0.717, 1.165) is 44.9 Å². The Morgan fingerprint density at radius 2 is 1.65 bits per heavy atom. The number of rotatable bonds is 4. The Kier molecular flexibility index (Phi) is 7.76. The Bertz CT molecular complexity index is 1450. The van der Waals surface area contributed by atoms with E-state index in [1.807, 2.05) is 40.9 Å². The maximum absolute atomic E-state index is 6.06. The minimum absolute atomic E-state index is 0.464. The fourth-order valence-corrected chi connectivity index (χ4v) is 5.28. The zero-order chi connectivity index (χ0) is 25.6. The van der Waals surface area contributed by atoms with Crippen LogP contribution in [-0.4, -0.2) is 44.9 Å². The van der Waals surface area contributed by atoms with Crippen molar-refractivity contribution in [3.05, 3.63) is 79.4 Å². The average molecular weight is 493 g/mol. The highest BCUT2D eigenvalue weighted by Gasteiger charge is 2.13. The minimum atomic E-state index is 0.464. The van der Waals surface area contributed by atoms with E-state index in [-0.39, 0.29) is 0 Å². The SMILES string of the molecule is CN(C)CC1CCCCCC1.Nc1nccn2cnc(-c3ccc4ccc(-c5ccccc5)nc4c3)c12. The number of nitrogens with zero attached hydrogens (tertiary/aromatic N) is 5. The van der Waals surface area contributed by atoms with Gasteiger partial charge in [0.05, 0.1) is 16.9 Å². The molecule has 0 saturated heterocycles. The molecule has 0 amide bonds. The predicted molar refractivity (Wildman–Crippen MR) is 153 cm³/mol. The van der Waals surface area contributed by atoms with E-state index in [4.69, 9.17) is 10.7 Å². The molecule has 37 heavy (non-hydrogen) atoms. The van der Waals surface area contributed by atoms with E-state index in [1.165, 1.54) is 45.1 Å². The summed E-state index contributed by atoms with van der Waals surface area (Å²) in [4.78, 5) is 15.9. The Morgan fingerprint density at radius 3 is 2.41 bits per heavy atom. The molecular weight excluding hydrogens is 456 g/mol. The van der Waals surface area contributed by atoms with Crippen LogP contribution in [0.4, 0.5) is 5.82 Å². The zero-order valence-electron chi connectivity index (χ0n) is 21.8. The molecule has 1 aliphatic rings. The molecular formula is C31H36N6. The summed E-state index contributed by atoms with van der Waals surface area (Å²) in [5.74, 6) is 1.46. The Morgan fingerprint density at radius 1 is 0.892 bits per heavy atom. The van der Waals surface area contributed by atoms with Crippen molar-refractivity contribution >= 4 is 22.2 Å². The van der Waals surface area contributed by atoms with Crippen LogP contribution < -0.4 is 5.73 Å². The topological polar surface area (TPSA) is 72.3 Å². The van der Waals surface area contributed by atoms with E-state index in [9.17, 15) is 0 Å². The van der Waals surface area contributed by atoms with Gasteiger partial charge >= 0.3 is 0 Å². The number of anilines is 1. The Labute approximate surface area is 219 Å². The molecule has 6 nitrogen and oxygen atoms in total. The zero-order valence-corrected chi connectivity index (χ0v) is 21.8. The van der Waals surface area contributed by atoms with Gasteiger partial charge in [0.1, 0.15) is 17.7 Å². The molecule has 1 saturated carbocycles. The first-order valence-corrected chi connectivity index (χ1v) is 13.3. The van der Waals surface area contributed by atoms with Gasteiger partial charge < -0.3 is 15.0 Å². The van der Waals surface area contributed by atoms with Crippen molar-refractivity contribution < 1.29 is 0 Å². The van der Waals surface area contributed by atoms with Crippen LogP contribution >= 0.6 is 0 Å². The molecule has 0 unspecified atom stereocenters. The van der Waals surface area contributed by atoms with Crippen LogP contribution in [0.15, 0.2) is 79.4 Å². The Hall–Kier alpha value is -3.77.